The van der Waals surface area contributed by atoms with E-state index in [-0.39, 0.29) is 6.04 Å². The van der Waals surface area contributed by atoms with Crippen LogP contribution in [0, 0.1) is 17.1 Å². The maximum atomic E-state index is 13.4. The summed E-state index contributed by atoms with van der Waals surface area (Å²) in [4.78, 5) is 0. The van der Waals surface area contributed by atoms with Crippen molar-refractivity contribution in [2.45, 2.75) is 25.9 Å². The highest BCUT2D eigenvalue weighted by Gasteiger charge is 2.16. The van der Waals surface area contributed by atoms with Crippen LogP contribution in [0.4, 0.5) is 4.39 Å². The molecule has 1 aromatic carbocycles. The Morgan fingerprint density at radius 1 is 1.47 bits per heavy atom. The molecule has 1 N–H and O–H groups in total. The highest BCUT2D eigenvalue weighted by atomic mass is 35.5. The van der Waals surface area contributed by atoms with Crippen LogP contribution in [0.2, 0.25) is 5.02 Å². The Bertz CT molecular complexity index is 385. The Morgan fingerprint density at radius 2 is 2.13 bits per heavy atom. The van der Waals surface area contributed by atoms with E-state index in [2.05, 4.69) is 5.32 Å². The fraction of sp³-hybridized carbons (Fsp3) is 0.364. The molecule has 15 heavy (non-hydrogen) atoms. The van der Waals surface area contributed by atoms with Gasteiger partial charge in [-0.15, -0.1) is 0 Å². The molecule has 0 bridgehead atoms. The van der Waals surface area contributed by atoms with Crippen LogP contribution in [0.5, 0.6) is 0 Å². The molecule has 1 atom stereocenters. The number of hydrogen-bond donors (Lipinski definition) is 1. The first-order valence-electron chi connectivity index (χ1n) is 4.65. The van der Waals surface area contributed by atoms with Crippen LogP contribution < -0.4 is 5.32 Å². The number of nitrogens with zero attached hydrogens (tertiary/aromatic N) is 1. The molecule has 0 radical (unpaired) electrons. The van der Waals surface area contributed by atoms with Gasteiger partial charge in [-0.25, -0.2) is 4.39 Å². The fourth-order valence-corrected chi connectivity index (χ4v) is 1.45. The van der Waals surface area contributed by atoms with Gasteiger partial charge in [0.05, 0.1) is 6.07 Å². The highest BCUT2D eigenvalue weighted by molar-refractivity contribution is 6.30. The van der Waals surface area contributed by atoms with Gasteiger partial charge in [-0.3, -0.25) is 5.32 Å². The average molecular weight is 227 g/mol. The molecule has 0 aromatic heterocycles. The third-order valence-electron chi connectivity index (χ3n) is 1.90. The second-order valence-electron chi connectivity index (χ2n) is 3.55. The monoisotopic (exact) mass is 226 g/mol. The van der Waals surface area contributed by atoms with Crippen LogP contribution in [0.1, 0.15) is 25.5 Å². The summed E-state index contributed by atoms with van der Waals surface area (Å²) in [5, 5.41) is 12.3. The minimum Gasteiger partial charge on any atom is -0.296 e. The van der Waals surface area contributed by atoms with Gasteiger partial charge in [0.15, 0.2) is 0 Å². The molecule has 0 amide bonds. The van der Waals surface area contributed by atoms with Gasteiger partial charge in [0.2, 0.25) is 0 Å². The lowest BCUT2D eigenvalue weighted by Gasteiger charge is -2.15. The maximum Gasteiger partial charge on any atom is 0.129 e. The van der Waals surface area contributed by atoms with E-state index in [1.54, 1.807) is 0 Å². The van der Waals surface area contributed by atoms with Gasteiger partial charge in [-0.05, 0) is 32.0 Å². The van der Waals surface area contributed by atoms with Crippen molar-refractivity contribution < 1.29 is 4.39 Å². The van der Waals surface area contributed by atoms with E-state index in [0.29, 0.717) is 10.6 Å². The normalized spacial score (nSPS) is 12.5. The molecule has 1 aromatic rings. The Kier molecular flexibility index (Phi) is 4.07. The number of hydrogen-bond acceptors (Lipinski definition) is 2. The van der Waals surface area contributed by atoms with Gasteiger partial charge in [-0.1, -0.05) is 11.6 Å². The van der Waals surface area contributed by atoms with E-state index in [9.17, 15) is 4.39 Å². The molecule has 0 aliphatic carbocycles. The predicted octanol–water partition coefficient (Wildman–Crippen LogP) is 3.04. The summed E-state index contributed by atoms with van der Waals surface area (Å²) < 4.78 is 13.4. The fourth-order valence-electron chi connectivity index (χ4n) is 1.27. The van der Waals surface area contributed by atoms with E-state index in [1.165, 1.54) is 18.2 Å². The van der Waals surface area contributed by atoms with Crippen LogP contribution in [0.3, 0.4) is 0 Å². The molecule has 0 saturated carbocycles. The summed E-state index contributed by atoms with van der Waals surface area (Å²) >= 11 is 5.75. The zero-order chi connectivity index (χ0) is 11.4. The third-order valence-corrected chi connectivity index (χ3v) is 2.13. The van der Waals surface area contributed by atoms with E-state index < -0.39 is 11.9 Å². The molecule has 1 unspecified atom stereocenters. The molecule has 80 valence electrons. The predicted molar refractivity (Wildman–Crippen MR) is 58.0 cm³/mol. The van der Waals surface area contributed by atoms with Crippen molar-refractivity contribution in [3.63, 3.8) is 0 Å². The Labute approximate surface area is 93.7 Å². The second-order valence-corrected chi connectivity index (χ2v) is 3.99. The molecular weight excluding hydrogens is 215 g/mol. The summed E-state index contributed by atoms with van der Waals surface area (Å²) in [5.74, 6) is -0.417. The van der Waals surface area contributed by atoms with Gasteiger partial charge in [0.1, 0.15) is 11.9 Å². The number of rotatable bonds is 3. The van der Waals surface area contributed by atoms with Crippen LogP contribution in [0.15, 0.2) is 18.2 Å². The molecule has 0 saturated heterocycles. The first-order chi connectivity index (χ1) is 7.04. The van der Waals surface area contributed by atoms with Crippen LogP contribution >= 0.6 is 11.6 Å². The van der Waals surface area contributed by atoms with Crippen molar-refractivity contribution in [3.05, 3.63) is 34.6 Å². The largest absolute Gasteiger partial charge is 0.296 e. The molecule has 2 nitrogen and oxygen atoms in total. The molecule has 0 aliphatic heterocycles. The quantitative estimate of drug-likeness (QED) is 0.860. The number of nitriles is 1. The van der Waals surface area contributed by atoms with E-state index >= 15 is 0 Å². The van der Waals surface area contributed by atoms with Crippen molar-refractivity contribution in [2.24, 2.45) is 0 Å². The molecular formula is C11H12ClFN2. The topological polar surface area (TPSA) is 35.8 Å². The molecule has 0 spiro atoms. The van der Waals surface area contributed by atoms with Crippen LogP contribution in [-0.2, 0) is 0 Å². The zero-order valence-corrected chi connectivity index (χ0v) is 9.35. The summed E-state index contributed by atoms with van der Waals surface area (Å²) in [7, 11) is 0. The van der Waals surface area contributed by atoms with Gasteiger partial charge < -0.3 is 0 Å². The average Bonchev–Trinajstić information content (AvgIpc) is 2.18. The lowest BCUT2D eigenvalue weighted by molar-refractivity contribution is 0.518. The first kappa shape index (κ1) is 12.0. The minimum absolute atomic E-state index is 0.105. The van der Waals surface area contributed by atoms with E-state index in [1.807, 2.05) is 19.9 Å². The van der Waals surface area contributed by atoms with Crippen molar-refractivity contribution >= 4 is 11.6 Å². The van der Waals surface area contributed by atoms with Gasteiger partial charge >= 0.3 is 0 Å². The Hall–Kier alpha value is -1.11. The number of nitrogens with one attached hydrogen (secondary N) is 1. The van der Waals surface area contributed by atoms with Crippen LogP contribution in [0.25, 0.3) is 0 Å². The maximum absolute atomic E-state index is 13.4. The second kappa shape index (κ2) is 5.11. The first-order valence-corrected chi connectivity index (χ1v) is 5.03. The highest BCUT2D eigenvalue weighted by Crippen LogP contribution is 2.21. The summed E-state index contributed by atoms with van der Waals surface area (Å²) in [6.45, 7) is 3.79. The molecule has 1 rings (SSSR count). The van der Waals surface area contributed by atoms with E-state index in [0.717, 1.165) is 0 Å². The molecule has 0 fully saturated rings. The molecule has 0 heterocycles. The Balaban J connectivity index is 3.02. The van der Waals surface area contributed by atoms with Gasteiger partial charge in [-0.2, -0.15) is 5.26 Å². The minimum atomic E-state index is -0.663. The van der Waals surface area contributed by atoms with Crippen molar-refractivity contribution in [1.29, 1.82) is 5.26 Å². The van der Waals surface area contributed by atoms with Gasteiger partial charge in [0, 0.05) is 16.6 Å². The lowest BCUT2D eigenvalue weighted by atomic mass is 10.1. The lowest BCUT2D eigenvalue weighted by Crippen LogP contribution is -2.27. The SMILES string of the molecule is CC(C)NC(C#N)c1cc(Cl)ccc1F. The number of benzene rings is 1. The van der Waals surface area contributed by atoms with Crippen LogP contribution in [-0.4, -0.2) is 6.04 Å². The Morgan fingerprint density at radius 3 is 2.67 bits per heavy atom. The third kappa shape index (κ3) is 3.19. The molecule has 4 heteroatoms. The summed E-state index contributed by atoms with van der Waals surface area (Å²) in [6, 6.07) is 5.65. The van der Waals surface area contributed by atoms with Crippen molar-refractivity contribution in [2.75, 3.05) is 0 Å². The van der Waals surface area contributed by atoms with Gasteiger partial charge in [0.25, 0.3) is 0 Å². The summed E-state index contributed by atoms with van der Waals surface area (Å²) in [6.07, 6.45) is 0. The number of halogens is 2. The van der Waals surface area contributed by atoms with Crippen molar-refractivity contribution in [3.8, 4) is 6.07 Å². The molecule has 0 aliphatic rings. The zero-order valence-electron chi connectivity index (χ0n) is 8.59. The standard InChI is InChI=1S/C11H12ClFN2/c1-7(2)15-11(6-14)9-5-8(12)3-4-10(9)13/h3-5,7,11,15H,1-2H3. The van der Waals surface area contributed by atoms with E-state index in [4.69, 9.17) is 16.9 Å². The smallest absolute Gasteiger partial charge is 0.129 e. The van der Waals surface area contributed by atoms with Crippen molar-refractivity contribution in [1.82, 2.24) is 5.32 Å². The summed E-state index contributed by atoms with van der Waals surface area (Å²) in [5.41, 5.74) is 0.290.